The lowest BCUT2D eigenvalue weighted by molar-refractivity contribution is -0.139. The van der Waals surface area contributed by atoms with Crippen LogP contribution < -0.4 is 26.2 Å². The fraction of sp³-hybridized carbons (Fsp3) is 0.286. The quantitative estimate of drug-likeness (QED) is 0.222. The van der Waals surface area contributed by atoms with Crippen molar-refractivity contribution in [2.75, 3.05) is 16.7 Å². The molecule has 0 radical (unpaired) electrons. The van der Waals surface area contributed by atoms with Gasteiger partial charge in [0.25, 0.3) is 21.5 Å². The van der Waals surface area contributed by atoms with Gasteiger partial charge in [-0.1, -0.05) is 32.9 Å². The summed E-state index contributed by atoms with van der Waals surface area (Å²) in [4.78, 5) is 64.1. The molecule has 1 heterocycles. The minimum atomic E-state index is -4.45. The smallest absolute Gasteiger partial charge is 0.335 e. The number of aromatic nitrogens is 2. The van der Waals surface area contributed by atoms with E-state index in [-0.39, 0.29) is 22.9 Å². The van der Waals surface area contributed by atoms with Crippen LogP contribution in [0, 0.1) is 30.9 Å². The van der Waals surface area contributed by atoms with E-state index < -0.39 is 67.5 Å². The van der Waals surface area contributed by atoms with Crippen LogP contribution in [0.2, 0.25) is 0 Å². The second-order valence-corrected chi connectivity index (χ2v) is 14.6. The number of rotatable bonds is 10. The highest BCUT2D eigenvalue weighted by Gasteiger charge is 2.28. The number of nitrogens with zero attached hydrogens (tertiary/aromatic N) is 3. The van der Waals surface area contributed by atoms with Gasteiger partial charge in [0, 0.05) is 48.9 Å². The average Bonchev–Trinajstić information content (AvgIpc) is 3.07. The molecule has 51 heavy (non-hydrogen) atoms. The maximum Gasteiger partial charge on any atom is 0.335 e. The number of nitrogens with one attached hydrogen (secondary N) is 2. The summed E-state index contributed by atoms with van der Waals surface area (Å²) in [6.07, 6.45) is -0.303. The molecule has 0 spiro atoms. The van der Waals surface area contributed by atoms with E-state index in [1.165, 1.54) is 72.1 Å². The summed E-state index contributed by atoms with van der Waals surface area (Å²) < 4.78 is 60.3. The Morgan fingerprint density at radius 3 is 2.08 bits per heavy atom. The highest BCUT2D eigenvalue weighted by Crippen LogP contribution is 2.26. The maximum atomic E-state index is 15.1. The van der Waals surface area contributed by atoms with Gasteiger partial charge in [-0.05, 0) is 61.9 Å². The largest absolute Gasteiger partial charge is 0.480 e. The van der Waals surface area contributed by atoms with Gasteiger partial charge in [-0.3, -0.25) is 19.1 Å². The van der Waals surface area contributed by atoms with E-state index in [0.717, 1.165) is 4.57 Å². The first-order chi connectivity index (χ1) is 23.6. The average molecular weight is 726 g/mol. The monoisotopic (exact) mass is 725 g/mol. The lowest BCUT2D eigenvalue weighted by atomic mass is 9.95. The minimum Gasteiger partial charge on any atom is -0.480 e. The third-order valence-electron chi connectivity index (χ3n) is 8.31. The standard InChI is InChI=1S/C35H37F2N5O8S/c1-19-20(2)40(6)34(48)42(31(19)44)23-10-8-21(9-11-23)16-29(32(45)46)38-30(43)25-17-27(37)28(18-26(25)36)39-51(49,50)24-14-12-22(13-15-24)41(7)33(47)35(3,4)5/h8-15,17-18,29,39H,16H2,1-7H3,(H,38,43)(H,45,46)/t29-/m0/s1. The van der Waals surface area contributed by atoms with Crippen molar-refractivity contribution in [3.63, 3.8) is 0 Å². The molecule has 2 amide bonds. The van der Waals surface area contributed by atoms with Crippen LogP contribution in [0.4, 0.5) is 20.2 Å². The van der Waals surface area contributed by atoms with Gasteiger partial charge in [-0.15, -0.1) is 0 Å². The Balaban J connectivity index is 1.49. The third kappa shape index (κ3) is 8.06. The molecule has 4 rings (SSSR count). The number of hydrogen-bond acceptors (Lipinski definition) is 7. The second kappa shape index (κ2) is 14.3. The zero-order chi connectivity index (χ0) is 38.2. The van der Waals surface area contributed by atoms with E-state index in [0.29, 0.717) is 34.6 Å². The SMILES string of the molecule is Cc1c(C)n(C)c(=O)n(-c2ccc(C[C@H](NC(=O)c3cc(F)c(NS(=O)(=O)c4ccc(N(C)C(=O)C(C)(C)C)cc4)cc3F)C(=O)O)cc2)c1=O. The Kier molecular flexibility index (Phi) is 10.7. The molecular formula is C35H37F2N5O8S. The summed E-state index contributed by atoms with van der Waals surface area (Å²) >= 11 is 0. The van der Waals surface area contributed by atoms with Crippen molar-refractivity contribution in [1.29, 1.82) is 0 Å². The molecule has 0 fully saturated rings. The molecule has 0 saturated heterocycles. The van der Waals surface area contributed by atoms with Crippen LogP contribution in [-0.2, 0) is 33.1 Å². The van der Waals surface area contributed by atoms with E-state index in [9.17, 15) is 37.5 Å². The molecule has 4 aromatic rings. The van der Waals surface area contributed by atoms with E-state index in [1.807, 2.05) is 4.72 Å². The lowest BCUT2D eigenvalue weighted by Crippen LogP contribution is -2.42. The van der Waals surface area contributed by atoms with Crippen LogP contribution in [0.25, 0.3) is 5.69 Å². The first kappa shape index (κ1) is 38.2. The number of carboxylic acids is 1. The van der Waals surface area contributed by atoms with E-state index in [1.54, 1.807) is 34.6 Å². The Labute approximate surface area is 292 Å². The molecule has 0 aliphatic rings. The molecule has 1 atom stereocenters. The number of hydrogen-bond donors (Lipinski definition) is 3. The summed E-state index contributed by atoms with van der Waals surface area (Å²) in [7, 11) is -1.40. The van der Waals surface area contributed by atoms with Crippen molar-refractivity contribution in [3.8, 4) is 5.69 Å². The fourth-order valence-corrected chi connectivity index (χ4v) is 6.17. The molecule has 0 saturated carbocycles. The normalized spacial score (nSPS) is 12.3. The van der Waals surface area contributed by atoms with Gasteiger partial charge in [0.1, 0.15) is 17.7 Å². The van der Waals surface area contributed by atoms with Crippen molar-refractivity contribution in [2.45, 2.75) is 52.0 Å². The zero-order valence-corrected chi connectivity index (χ0v) is 29.7. The summed E-state index contributed by atoms with van der Waals surface area (Å²) in [5.74, 6) is -5.63. The number of aliphatic carboxylic acids is 1. The lowest BCUT2D eigenvalue weighted by Gasteiger charge is -2.26. The first-order valence-electron chi connectivity index (χ1n) is 15.5. The third-order valence-corrected chi connectivity index (χ3v) is 9.69. The zero-order valence-electron chi connectivity index (χ0n) is 28.9. The molecule has 16 heteroatoms. The Bertz CT molecular complexity index is 2220. The Morgan fingerprint density at radius 1 is 0.941 bits per heavy atom. The predicted octanol–water partition coefficient (Wildman–Crippen LogP) is 3.67. The summed E-state index contributed by atoms with van der Waals surface area (Å²) in [6.45, 7) is 8.41. The van der Waals surface area contributed by atoms with Gasteiger partial charge in [0.05, 0.1) is 21.8 Å². The molecule has 3 N–H and O–H groups in total. The number of carbonyl (C=O) groups excluding carboxylic acids is 2. The van der Waals surface area contributed by atoms with Crippen LogP contribution in [-0.4, -0.2) is 53.5 Å². The number of sulfonamides is 1. The van der Waals surface area contributed by atoms with Crippen molar-refractivity contribution in [2.24, 2.45) is 12.5 Å². The molecule has 0 aliphatic carbocycles. The molecular weight excluding hydrogens is 688 g/mol. The van der Waals surface area contributed by atoms with Gasteiger partial charge in [0.2, 0.25) is 5.91 Å². The Morgan fingerprint density at radius 2 is 1.53 bits per heavy atom. The highest BCUT2D eigenvalue weighted by atomic mass is 32.2. The number of anilines is 2. The van der Waals surface area contributed by atoms with Gasteiger partial charge < -0.3 is 19.9 Å². The second-order valence-electron chi connectivity index (χ2n) is 13.0. The van der Waals surface area contributed by atoms with E-state index in [4.69, 9.17) is 0 Å². The Hall–Kier alpha value is -5.64. The van der Waals surface area contributed by atoms with Gasteiger partial charge >= 0.3 is 11.7 Å². The van der Waals surface area contributed by atoms with E-state index >= 15 is 8.78 Å². The summed E-state index contributed by atoms with van der Waals surface area (Å²) in [5.41, 5.74) is -1.59. The molecule has 0 unspecified atom stereocenters. The number of halogens is 2. The van der Waals surface area contributed by atoms with Crippen LogP contribution in [0.5, 0.6) is 0 Å². The summed E-state index contributed by atoms with van der Waals surface area (Å²) in [6, 6.07) is 10.2. The van der Waals surface area contributed by atoms with Crippen molar-refractivity contribution >= 4 is 39.2 Å². The van der Waals surface area contributed by atoms with Crippen molar-refractivity contribution in [3.05, 3.63) is 116 Å². The van der Waals surface area contributed by atoms with Crippen molar-refractivity contribution in [1.82, 2.24) is 14.5 Å². The van der Waals surface area contributed by atoms with Crippen LogP contribution in [0.1, 0.15) is 48.0 Å². The number of carboxylic acid groups (broad SMARTS) is 1. The maximum absolute atomic E-state index is 15.1. The predicted molar refractivity (Wildman–Crippen MR) is 186 cm³/mol. The fourth-order valence-electron chi connectivity index (χ4n) is 5.11. The van der Waals surface area contributed by atoms with Crippen molar-refractivity contribution < 1.29 is 36.7 Å². The van der Waals surface area contributed by atoms with Gasteiger partial charge in [-0.2, -0.15) is 0 Å². The van der Waals surface area contributed by atoms with Crippen LogP contribution in [0.15, 0.2) is 75.1 Å². The van der Waals surface area contributed by atoms with Gasteiger partial charge in [-0.25, -0.2) is 31.4 Å². The van der Waals surface area contributed by atoms with Gasteiger partial charge in [0.15, 0.2) is 0 Å². The molecule has 13 nitrogen and oxygen atoms in total. The molecule has 270 valence electrons. The number of amides is 2. The summed E-state index contributed by atoms with van der Waals surface area (Å²) in [5, 5.41) is 11.9. The number of benzene rings is 3. The minimum absolute atomic E-state index is 0.219. The number of carbonyl (C=O) groups is 3. The molecule has 0 aliphatic heterocycles. The topological polar surface area (TPSA) is 177 Å². The first-order valence-corrected chi connectivity index (χ1v) is 16.9. The highest BCUT2D eigenvalue weighted by molar-refractivity contribution is 7.92. The van der Waals surface area contributed by atoms with Crippen LogP contribution >= 0.6 is 0 Å². The molecule has 3 aromatic carbocycles. The molecule has 1 aromatic heterocycles. The van der Waals surface area contributed by atoms with Crippen LogP contribution in [0.3, 0.4) is 0 Å². The van der Waals surface area contributed by atoms with E-state index in [2.05, 4.69) is 5.32 Å². The molecule has 0 bridgehead atoms.